The molecule has 2 heterocycles. The maximum atomic E-state index is 13.1. The topological polar surface area (TPSA) is 126 Å². The van der Waals surface area contributed by atoms with E-state index >= 15 is 0 Å². The van der Waals surface area contributed by atoms with Gasteiger partial charge in [0.2, 0.25) is 6.73 Å². The van der Waals surface area contributed by atoms with Crippen LogP contribution in [0.2, 0.25) is 0 Å². The number of nitrogens with one attached hydrogen (secondary N) is 1. The second-order valence-corrected chi connectivity index (χ2v) is 13.0. The minimum Gasteiger partial charge on any atom is -0.475 e. The summed E-state index contributed by atoms with van der Waals surface area (Å²) in [5.74, 6) is -0.830. The Balaban J connectivity index is 2.04. The maximum absolute atomic E-state index is 13.1. The molecule has 1 N–H and O–H groups in total. The molecule has 1 amide bonds. The van der Waals surface area contributed by atoms with Gasteiger partial charge in [-0.05, 0) is 48.0 Å². The summed E-state index contributed by atoms with van der Waals surface area (Å²) < 4.78 is 31.4. The third-order valence-electron chi connectivity index (χ3n) is 5.90. The molecule has 2 atom stereocenters. The van der Waals surface area contributed by atoms with Crippen LogP contribution in [0.1, 0.15) is 92.7 Å². The minimum atomic E-state index is -1.26. The summed E-state index contributed by atoms with van der Waals surface area (Å²) in [6.45, 7) is 14.4. The van der Waals surface area contributed by atoms with Gasteiger partial charge in [0.1, 0.15) is 29.5 Å². The largest absolute Gasteiger partial charge is 0.475 e. The number of rotatable bonds is 13. The number of esters is 2. The van der Waals surface area contributed by atoms with Crippen LogP contribution < -0.4 is 10.1 Å². The molecular formula is C28H47N4O7S+. The van der Waals surface area contributed by atoms with Gasteiger partial charge in [-0.1, -0.05) is 32.3 Å². The predicted molar refractivity (Wildman–Crippen MR) is 153 cm³/mol. The lowest BCUT2D eigenvalue weighted by atomic mass is 10.1. The Labute approximate surface area is 242 Å². The monoisotopic (exact) mass is 583 g/mol. The fourth-order valence-corrected chi connectivity index (χ4v) is 4.60. The molecule has 1 aliphatic heterocycles. The van der Waals surface area contributed by atoms with E-state index < -0.39 is 35.3 Å². The van der Waals surface area contributed by atoms with Crippen LogP contribution in [-0.4, -0.2) is 82.0 Å². The zero-order valence-electron chi connectivity index (χ0n) is 25.3. The van der Waals surface area contributed by atoms with Crippen molar-refractivity contribution in [3.05, 3.63) is 11.8 Å². The molecule has 11 nitrogen and oxygen atoms in total. The van der Waals surface area contributed by atoms with E-state index in [1.165, 1.54) is 6.42 Å². The van der Waals surface area contributed by atoms with Gasteiger partial charge in [-0.25, -0.2) is 9.59 Å². The number of hydrogen-bond acceptors (Lipinski definition) is 10. The second-order valence-electron chi connectivity index (χ2n) is 12.4. The highest BCUT2D eigenvalue weighted by atomic mass is 32.1. The summed E-state index contributed by atoms with van der Waals surface area (Å²) in [7, 11) is 1.98. The molecule has 0 spiro atoms. The van der Waals surface area contributed by atoms with Crippen molar-refractivity contribution in [2.24, 2.45) is 0 Å². The van der Waals surface area contributed by atoms with Crippen molar-refractivity contribution in [3.8, 4) is 5.88 Å². The molecule has 1 unspecified atom stereocenters. The smallest absolute Gasteiger partial charge is 0.408 e. The van der Waals surface area contributed by atoms with Crippen molar-refractivity contribution in [1.82, 2.24) is 14.1 Å². The number of carbonyl (C=O) groups excluding carboxylic acids is 3. The average Bonchev–Trinajstić information content (AvgIpc) is 3.28. The van der Waals surface area contributed by atoms with E-state index in [4.69, 9.17) is 18.9 Å². The van der Waals surface area contributed by atoms with Gasteiger partial charge in [0, 0.05) is 12.0 Å². The molecular weight excluding hydrogens is 536 g/mol. The molecule has 0 aromatic carbocycles. The highest BCUT2D eigenvalue weighted by Crippen LogP contribution is 2.30. The fourth-order valence-electron chi connectivity index (χ4n) is 4.07. The zero-order chi connectivity index (χ0) is 30.0. The standard InChI is InChI=1S/C28H46N4O7S/c1-9-10-11-12-16-36-24-23(30-40-31-24)20-14-13-15-32(8,18-20)19-37-25(34)21(17-22(33)38-27(2,3)4)29-26(35)39-28(5,6)7/h14,21H,9-13,15-19H2,1-8H3/p+1/t21-,32?/m0/s1. The number of nitrogens with zero attached hydrogens (tertiary/aromatic N) is 3. The summed E-state index contributed by atoms with van der Waals surface area (Å²) in [4.78, 5) is 38.0. The highest BCUT2D eigenvalue weighted by molar-refractivity contribution is 6.99. The van der Waals surface area contributed by atoms with Crippen LogP contribution in [0.3, 0.4) is 0 Å². The summed E-state index contributed by atoms with van der Waals surface area (Å²) in [5, 5.41) is 2.47. The van der Waals surface area contributed by atoms with E-state index in [-0.39, 0.29) is 13.2 Å². The Morgan fingerprint density at radius 3 is 2.40 bits per heavy atom. The van der Waals surface area contributed by atoms with Crippen LogP contribution in [-0.2, 0) is 23.8 Å². The number of alkyl carbamates (subject to hydrolysis) is 1. The lowest BCUT2D eigenvalue weighted by molar-refractivity contribution is -0.919. The van der Waals surface area contributed by atoms with Crippen molar-refractivity contribution in [3.63, 3.8) is 0 Å². The van der Waals surface area contributed by atoms with Gasteiger partial charge in [-0.2, -0.15) is 4.37 Å². The number of aromatic nitrogens is 2. The van der Waals surface area contributed by atoms with E-state index in [0.29, 0.717) is 23.5 Å². The number of ether oxygens (including phenoxy) is 4. The van der Waals surface area contributed by atoms with Gasteiger partial charge >= 0.3 is 18.0 Å². The lowest BCUT2D eigenvalue weighted by Crippen LogP contribution is -2.52. The first-order valence-corrected chi connectivity index (χ1v) is 14.7. The minimum absolute atomic E-state index is 0.0434. The Morgan fingerprint density at radius 2 is 1.75 bits per heavy atom. The number of likely N-dealkylation sites (N-methyl/N-ethyl adjacent to an activating group) is 1. The predicted octanol–water partition coefficient (Wildman–Crippen LogP) is 4.86. The van der Waals surface area contributed by atoms with Crippen molar-refractivity contribution < 1.29 is 37.8 Å². The summed E-state index contributed by atoms with van der Waals surface area (Å²) in [6.07, 6.45) is 6.10. The van der Waals surface area contributed by atoms with Gasteiger partial charge in [0.15, 0.2) is 0 Å². The van der Waals surface area contributed by atoms with E-state index in [2.05, 4.69) is 27.1 Å². The molecule has 40 heavy (non-hydrogen) atoms. The van der Waals surface area contributed by atoms with Crippen LogP contribution in [0.5, 0.6) is 5.88 Å². The molecule has 0 aliphatic carbocycles. The molecule has 0 saturated carbocycles. The average molecular weight is 584 g/mol. The number of quaternary nitrogens is 1. The molecule has 12 heteroatoms. The quantitative estimate of drug-likeness (QED) is 0.150. The molecule has 1 aromatic rings. The summed E-state index contributed by atoms with van der Waals surface area (Å²) in [5.41, 5.74) is 0.196. The van der Waals surface area contributed by atoms with E-state index in [1.54, 1.807) is 41.5 Å². The number of hydrogen-bond donors (Lipinski definition) is 1. The number of amides is 1. The second kappa shape index (κ2) is 14.8. The lowest BCUT2D eigenvalue weighted by Gasteiger charge is -2.36. The SMILES string of the molecule is CCCCCCOc1nsnc1C1=CCC[N+](C)(COC(=O)[C@H](CC(=O)OC(C)(C)C)NC(=O)OC(C)(C)C)C1. The normalized spacial score (nSPS) is 18.4. The van der Waals surface area contributed by atoms with Crippen LogP contribution in [0, 0.1) is 0 Å². The molecule has 2 rings (SSSR count). The Hall–Kier alpha value is -2.73. The molecule has 0 radical (unpaired) electrons. The molecule has 0 saturated heterocycles. The molecule has 1 aliphatic rings. The maximum Gasteiger partial charge on any atom is 0.408 e. The van der Waals surface area contributed by atoms with Crippen LogP contribution in [0.25, 0.3) is 5.57 Å². The van der Waals surface area contributed by atoms with Crippen LogP contribution in [0.15, 0.2) is 6.08 Å². The van der Waals surface area contributed by atoms with E-state index in [0.717, 1.165) is 55.2 Å². The Morgan fingerprint density at radius 1 is 1.05 bits per heavy atom. The van der Waals surface area contributed by atoms with E-state index in [9.17, 15) is 14.4 Å². The summed E-state index contributed by atoms with van der Waals surface area (Å²) in [6, 6.07) is -1.26. The van der Waals surface area contributed by atoms with Crippen LogP contribution in [0.4, 0.5) is 4.79 Å². The van der Waals surface area contributed by atoms with Gasteiger partial charge in [0.05, 0.1) is 38.3 Å². The first-order chi connectivity index (χ1) is 18.6. The van der Waals surface area contributed by atoms with Crippen molar-refractivity contribution in [2.45, 2.75) is 104 Å². The number of carbonyl (C=O) groups is 3. The zero-order valence-corrected chi connectivity index (χ0v) is 26.1. The molecule has 0 fully saturated rings. The van der Waals surface area contributed by atoms with Gasteiger partial charge < -0.3 is 24.3 Å². The third kappa shape index (κ3) is 12.2. The van der Waals surface area contributed by atoms with Gasteiger partial charge in [0.25, 0.3) is 5.88 Å². The van der Waals surface area contributed by atoms with Crippen molar-refractivity contribution in [2.75, 3.05) is 33.5 Å². The fraction of sp³-hybridized carbons (Fsp3) is 0.750. The first kappa shape index (κ1) is 33.5. The van der Waals surface area contributed by atoms with Gasteiger partial charge in [-0.15, -0.1) is 4.37 Å². The van der Waals surface area contributed by atoms with Crippen molar-refractivity contribution >= 4 is 35.3 Å². The van der Waals surface area contributed by atoms with Gasteiger partial charge in [-0.3, -0.25) is 9.28 Å². The Kier molecular flexibility index (Phi) is 12.4. The Bertz CT molecular complexity index is 999. The third-order valence-corrected chi connectivity index (χ3v) is 6.41. The number of unbranched alkanes of at least 4 members (excludes halogenated alkanes) is 3. The van der Waals surface area contributed by atoms with E-state index in [1.807, 2.05) is 7.05 Å². The molecule has 0 bridgehead atoms. The summed E-state index contributed by atoms with van der Waals surface area (Å²) >= 11 is 1.12. The first-order valence-electron chi connectivity index (χ1n) is 14.0. The molecule has 1 aromatic heterocycles. The molecule has 226 valence electrons. The van der Waals surface area contributed by atoms with Crippen LogP contribution >= 0.6 is 11.7 Å². The van der Waals surface area contributed by atoms with Crippen molar-refractivity contribution in [1.29, 1.82) is 0 Å². The highest BCUT2D eigenvalue weighted by Gasteiger charge is 2.34.